The summed E-state index contributed by atoms with van der Waals surface area (Å²) in [4.78, 5) is 3.49. The molecule has 2 saturated heterocycles. The number of nitrogens with zero attached hydrogens (tertiary/aromatic N) is 1. The Kier molecular flexibility index (Phi) is 2.75. The third kappa shape index (κ3) is 1.61. The van der Waals surface area contributed by atoms with Crippen molar-refractivity contribution >= 4 is 22.9 Å². The van der Waals surface area contributed by atoms with Crippen molar-refractivity contribution in [2.75, 3.05) is 13.1 Å². The zero-order chi connectivity index (χ0) is 11.2. The summed E-state index contributed by atoms with van der Waals surface area (Å²) in [6.07, 6.45) is 4.49. The number of halogens is 1. The first-order chi connectivity index (χ1) is 7.70. The van der Waals surface area contributed by atoms with Crippen LogP contribution in [0.15, 0.2) is 12.1 Å². The monoisotopic (exact) mass is 257 g/mol. The van der Waals surface area contributed by atoms with Crippen LogP contribution in [0.2, 0.25) is 4.34 Å². The van der Waals surface area contributed by atoms with Crippen molar-refractivity contribution in [3.8, 4) is 0 Å². The molecule has 0 saturated carbocycles. The van der Waals surface area contributed by atoms with Gasteiger partial charge in [-0.05, 0) is 37.9 Å². The Morgan fingerprint density at radius 2 is 2.25 bits per heavy atom. The second kappa shape index (κ2) is 3.98. The average molecular weight is 258 g/mol. The largest absolute Gasteiger partial charge is 0.383 e. The van der Waals surface area contributed by atoms with Crippen molar-refractivity contribution < 1.29 is 5.11 Å². The van der Waals surface area contributed by atoms with Gasteiger partial charge in [-0.15, -0.1) is 11.3 Å². The topological polar surface area (TPSA) is 23.5 Å². The highest BCUT2D eigenvalue weighted by Crippen LogP contribution is 2.44. The summed E-state index contributed by atoms with van der Waals surface area (Å²) in [6.45, 7) is 2.17. The van der Waals surface area contributed by atoms with E-state index in [2.05, 4.69) is 4.90 Å². The quantitative estimate of drug-likeness (QED) is 0.836. The highest BCUT2D eigenvalue weighted by molar-refractivity contribution is 7.16. The molecule has 0 amide bonds. The van der Waals surface area contributed by atoms with E-state index in [-0.39, 0.29) is 0 Å². The van der Waals surface area contributed by atoms with Gasteiger partial charge >= 0.3 is 0 Å². The first kappa shape index (κ1) is 11.0. The van der Waals surface area contributed by atoms with Gasteiger partial charge in [-0.25, -0.2) is 0 Å². The normalized spacial score (nSPS) is 35.2. The van der Waals surface area contributed by atoms with Crippen molar-refractivity contribution in [3.05, 3.63) is 21.3 Å². The molecule has 1 aromatic heterocycles. The Balaban J connectivity index is 1.92. The van der Waals surface area contributed by atoms with Gasteiger partial charge in [-0.3, -0.25) is 4.90 Å². The third-order valence-corrected chi connectivity index (χ3v) is 5.34. The van der Waals surface area contributed by atoms with Gasteiger partial charge in [0.1, 0.15) is 5.60 Å². The predicted octanol–water partition coefficient (Wildman–Crippen LogP) is 2.85. The fourth-order valence-electron chi connectivity index (χ4n) is 3.11. The van der Waals surface area contributed by atoms with Crippen LogP contribution in [0.5, 0.6) is 0 Å². The van der Waals surface area contributed by atoms with Crippen LogP contribution in [0.3, 0.4) is 0 Å². The lowest BCUT2D eigenvalue weighted by Crippen LogP contribution is -2.44. The Hall–Kier alpha value is -0.0900. The van der Waals surface area contributed by atoms with Crippen LogP contribution in [-0.4, -0.2) is 29.1 Å². The lowest BCUT2D eigenvalue weighted by atomic mass is 9.87. The lowest BCUT2D eigenvalue weighted by molar-refractivity contribution is -0.0108. The zero-order valence-electron chi connectivity index (χ0n) is 9.16. The van der Waals surface area contributed by atoms with Gasteiger partial charge in [-0.2, -0.15) is 0 Å². The number of rotatable bonds is 1. The van der Waals surface area contributed by atoms with Crippen LogP contribution in [-0.2, 0) is 5.60 Å². The Morgan fingerprint density at radius 3 is 3.00 bits per heavy atom. The SMILES string of the molecule is OC1(c2ccc(Cl)s2)CCN2CCCCC21. The van der Waals surface area contributed by atoms with Crippen LogP contribution in [0.25, 0.3) is 0 Å². The molecule has 1 aromatic rings. The van der Waals surface area contributed by atoms with E-state index in [9.17, 15) is 5.11 Å². The van der Waals surface area contributed by atoms with Gasteiger partial charge in [-0.1, -0.05) is 18.0 Å². The minimum absolute atomic E-state index is 0.316. The second-order valence-corrected chi connectivity index (χ2v) is 6.54. The molecule has 2 aliphatic rings. The minimum Gasteiger partial charge on any atom is -0.383 e. The number of hydrogen-bond donors (Lipinski definition) is 1. The van der Waals surface area contributed by atoms with E-state index in [0.717, 1.165) is 35.1 Å². The van der Waals surface area contributed by atoms with Gasteiger partial charge in [0.25, 0.3) is 0 Å². The number of thiophene rings is 1. The van der Waals surface area contributed by atoms with Gasteiger partial charge < -0.3 is 5.11 Å². The maximum absolute atomic E-state index is 10.9. The molecule has 0 aromatic carbocycles. The van der Waals surface area contributed by atoms with E-state index < -0.39 is 5.60 Å². The van der Waals surface area contributed by atoms with Crippen LogP contribution in [0.1, 0.15) is 30.6 Å². The first-order valence-electron chi connectivity index (χ1n) is 5.92. The molecule has 3 rings (SSSR count). The molecule has 2 atom stereocenters. The van der Waals surface area contributed by atoms with Crippen LogP contribution in [0, 0.1) is 0 Å². The summed E-state index contributed by atoms with van der Waals surface area (Å²) in [7, 11) is 0. The predicted molar refractivity (Wildman–Crippen MR) is 67.1 cm³/mol. The maximum Gasteiger partial charge on any atom is 0.115 e. The molecule has 16 heavy (non-hydrogen) atoms. The maximum atomic E-state index is 10.9. The molecule has 2 fully saturated rings. The van der Waals surface area contributed by atoms with E-state index >= 15 is 0 Å². The van der Waals surface area contributed by atoms with Crippen molar-refractivity contribution in [1.82, 2.24) is 4.90 Å². The van der Waals surface area contributed by atoms with Gasteiger partial charge in [0.05, 0.1) is 4.34 Å². The van der Waals surface area contributed by atoms with Crippen molar-refractivity contribution in [1.29, 1.82) is 0 Å². The molecular weight excluding hydrogens is 242 g/mol. The standard InChI is InChI=1S/C12H16ClNOS/c13-11-5-4-10(16-11)12(15)6-8-14-7-2-1-3-9(12)14/h4-5,9,15H,1-3,6-8H2. The molecule has 4 heteroatoms. The first-order valence-corrected chi connectivity index (χ1v) is 7.12. The highest BCUT2D eigenvalue weighted by Gasteiger charge is 2.48. The lowest BCUT2D eigenvalue weighted by Gasteiger charge is -2.36. The molecule has 2 nitrogen and oxygen atoms in total. The van der Waals surface area contributed by atoms with E-state index in [0.29, 0.717) is 6.04 Å². The molecule has 1 N–H and O–H groups in total. The van der Waals surface area contributed by atoms with E-state index in [4.69, 9.17) is 11.6 Å². The molecule has 88 valence electrons. The number of piperidine rings is 1. The fourth-order valence-corrected chi connectivity index (χ4v) is 4.32. The zero-order valence-corrected chi connectivity index (χ0v) is 10.7. The van der Waals surface area contributed by atoms with E-state index in [1.54, 1.807) is 0 Å². The summed E-state index contributed by atoms with van der Waals surface area (Å²) < 4.78 is 0.776. The molecular formula is C12H16ClNOS. The number of hydrogen-bond acceptors (Lipinski definition) is 3. The van der Waals surface area contributed by atoms with Crippen molar-refractivity contribution in [3.63, 3.8) is 0 Å². The third-order valence-electron chi connectivity index (χ3n) is 3.94. The van der Waals surface area contributed by atoms with E-state index in [1.807, 2.05) is 12.1 Å². The van der Waals surface area contributed by atoms with Gasteiger partial charge in [0.2, 0.25) is 0 Å². The summed E-state index contributed by atoms with van der Waals surface area (Å²) >= 11 is 7.50. The Labute approximate surface area is 105 Å². The summed E-state index contributed by atoms with van der Waals surface area (Å²) in [5.41, 5.74) is -0.641. The minimum atomic E-state index is -0.641. The highest BCUT2D eigenvalue weighted by atomic mass is 35.5. The van der Waals surface area contributed by atoms with Crippen molar-refractivity contribution in [2.24, 2.45) is 0 Å². The molecule has 0 bridgehead atoms. The average Bonchev–Trinajstić information content (AvgIpc) is 2.86. The molecule has 3 heterocycles. The van der Waals surface area contributed by atoms with Gasteiger partial charge in [0.15, 0.2) is 0 Å². The molecule has 0 spiro atoms. The van der Waals surface area contributed by atoms with Crippen LogP contribution < -0.4 is 0 Å². The smallest absolute Gasteiger partial charge is 0.115 e. The molecule has 0 radical (unpaired) electrons. The van der Waals surface area contributed by atoms with E-state index in [1.165, 1.54) is 24.2 Å². The van der Waals surface area contributed by atoms with Gasteiger partial charge in [0, 0.05) is 17.5 Å². The summed E-state index contributed by atoms with van der Waals surface area (Å²) in [5.74, 6) is 0. The van der Waals surface area contributed by atoms with Crippen LogP contribution >= 0.6 is 22.9 Å². The number of aliphatic hydroxyl groups is 1. The van der Waals surface area contributed by atoms with Crippen LogP contribution in [0.4, 0.5) is 0 Å². The Bertz CT molecular complexity index is 394. The summed E-state index contributed by atoms with van der Waals surface area (Å²) in [6, 6.07) is 4.20. The second-order valence-electron chi connectivity index (χ2n) is 4.83. The summed E-state index contributed by atoms with van der Waals surface area (Å²) in [5, 5.41) is 10.9. The molecule has 0 aliphatic carbocycles. The fraction of sp³-hybridized carbons (Fsp3) is 0.667. The Morgan fingerprint density at radius 1 is 1.38 bits per heavy atom. The number of fused-ring (bicyclic) bond motifs is 1. The molecule has 2 unspecified atom stereocenters. The van der Waals surface area contributed by atoms with Crippen molar-refractivity contribution in [2.45, 2.75) is 37.3 Å². The molecule has 2 aliphatic heterocycles.